The average Bonchev–Trinajstić information content (AvgIpc) is 2.23. The van der Waals surface area contributed by atoms with E-state index in [4.69, 9.17) is 12.2 Å². The predicted molar refractivity (Wildman–Crippen MR) is 69.3 cm³/mol. The van der Waals surface area contributed by atoms with E-state index in [-0.39, 0.29) is 0 Å². The molecule has 0 saturated heterocycles. The first-order valence-corrected chi connectivity index (χ1v) is 5.56. The standard InChI is InChI=1S/C12H18N2S/c1-9-4-5-11(8-10(9)2)6-7-14-12(15)13-3/h4-5,8H,6-7H2,1-3H3,(H2,13,14,15). The van der Waals surface area contributed by atoms with Crippen LogP contribution in [0.15, 0.2) is 18.2 Å². The van der Waals surface area contributed by atoms with E-state index >= 15 is 0 Å². The summed E-state index contributed by atoms with van der Waals surface area (Å²) < 4.78 is 0. The van der Waals surface area contributed by atoms with Crippen LogP contribution in [0.4, 0.5) is 0 Å². The number of benzene rings is 1. The van der Waals surface area contributed by atoms with Crippen LogP contribution in [-0.4, -0.2) is 18.7 Å². The molecule has 0 aliphatic carbocycles. The Labute approximate surface area is 97.1 Å². The second-order valence-electron chi connectivity index (χ2n) is 3.67. The third kappa shape index (κ3) is 3.88. The van der Waals surface area contributed by atoms with E-state index in [1.807, 2.05) is 7.05 Å². The van der Waals surface area contributed by atoms with Gasteiger partial charge >= 0.3 is 0 Å². The van der Waals surface area contributed by atoms with Gasteiger partial charge in [0, 0.05) is 13.6 Å². The fourth-order valence-corrected chi connectivity index (χ4v) is 1.47. The third-order valence-electron chi connectivity index (χ3n) is 2.50. The molecular weight excluding hydrogens is 204 g/mol. The van der Waals surface area contributed by atoms with Gasteiger partial charge in [-0.2, -0.15) is 0 Å². The van der Waals surface area contributed by atoms with Crippen molar-refractivity contribution in [2.24, 2.45) is 0 Å². The molecule has 15 heavy (non-hydrogen) atoms. The van der Waals surface area contributed by atoms with Gasteiger partial charge < -0.3 is 10.6 Å². The van der Waals surface area contributed by atoms with Crippen molar-refractivity contribution in [3.05, 3.63) is 34.9 Å². The van der Waals surface area contributed by atoms with E-state index < -0.39 is 0 Å². The molecule has 0 bridgehead atoms. The monoisotopic (exact) mass is 222 g/mol. The summed E-state index contributed by atoms with van der Waals surface area (Å²) in [6.45, 7) is 5.15. The summed E-state index contributed by atoms with van der Waals surface area (Å²) in [4.78, 5) is 0. The first-order chi connectivity index (χ1) is 7.13. The predicted octanol–water partition coefficient (Wildman–Crippen LogP) is 1.94. The Balaban J connectivity index is 2.44. The molecule has 0 atom stereocenters. The first kappa shape index (κ1) is 12.0. The number of hydrogen-bond acceptors (Lipinski definition) is 1. The zero-order valence-electron chi connectivity index (χ0n) is 9.55. The molecule has 0 spiro atoms. The van der Waals surface area contributed by atoms with Crippen molar-refractivity contribution in [2.45, 2.75) is 20.3 Å². The van der Waals surface area contributed by atoms with Gasteiger partial charge in [-0.15, -0.1) is 0 Å². The fraction of sp³-hybridized carbons (Fsp3) is 0.417. The molecule has 3 heteroatoms. The molecule has 0 fully saturated rings. The van der Waals surface area contributed by atoms with Crippen LogP contribution in [0.5, 0.6) is 0 Å². The van der Waals surface area contributed by atoms with Gasteiger partial charge in [0.15, 0.2) is 5.11 Å². The van der Waals surface area contributed by atoms with Gasteiger partial charge in [-0.05, 0) is 49.2 Å². The minimum absolute atomic E-state index is 0.707. The molecule has 0 unspecified atom stereocenters. The second kappa shape index (κ2) is 5.71. The Morgan fingerprint density at radius 1 is 1.27 bits per heavy atom. The summed E-state index contributed by atoms with van der Waals surface area (Å²) in [6.07, 6.45) is 1.00. The molecule has 2 N–H and O–H groups in total. The zero-order chi connectivity index (χ0) is 11.3. The highest BCUT2D eigenvalue weighted by molar-refractivity contribution is 7.80. The van der Waals surface area contributed by atoms with Crippen molar-refractivity contribution in [1.29, 1.82) is 0 Å². The van der Waals surface area contributed by atoms with Crippen LogP contribution in [0.25, 0.3) is 0 Å². The van der Waals surface area contributed by atoms with E-state index in [0.29, 0.717) is 5.11 Å². The fourth-order valence-electron chi connectivity index (χ4n) is 1.37. The minimum Gasteiger partial charge on any atom is -0.366 e. The molecule has 1 aromatic rings. The number of rotatable bonds is 3. The molecule has 82 valence electrons. The molecule has 0 saturated carbocycles. The van der Waals surface area contributed by atoms with Gasteiger partial charge in [-0.1, -0.05) is 18.2 Å². The highest BCUT2D eigenvalue weighted by atomic mass is 32.1. The van der Waals surface area contributed by atoms with Crippen molar-refractivity contribution in [3.63, 3.8) is 0 Å². The van der Waals surface area contributed by atoms with E-state index in [1.54, 1.807) is 0 Å². The van der Waals surface area contributed by atoms with Crippen molar-refractivity contribution in [2.75, 3.05) is 13.6 Å². The summed E-state index contributed by atoms with van der Waals surface area (Å²) in [5, 5.41) is 6.73. The van der Waals surface area contributed by atoms with E-state index in [2.05, 4.69) is 42.7 Å². The summed E-state index contributed by atoms with van der Waals surface area (Å²) in [7, 11) is 1.82. The normalized spacial score (nSPS) is 9.80. The van der Waals surface area contributed by atoms with Gasteiger partial charge in [0.1, 0.15) is 0 Å². The summed E-state index contributed by atoms with van der Waals surface area (Å²) >= 11 is 4.99. The summed E-state index contributed by atoms with van der Waals surface area (Å²) in [5.74, 6) is 0. The van der Waals surface area contributed by atoms with Crippen LogP contribution in [0, 0.1) is 13.8 Å². The van der Waals surface area contributed by atoms with Crippen molar-refractivity contribution in [1.82, 2.24) is 10.6 Å². The Morgan fingerprint density at radius 3 is 2.60 bits per heavy atom. The third-order valence-corrected chi connectivity index (χ3v) is 2.85. The van der Waals surface area contributed by atoms with Gasteiger partial charge in [0.2, 0.25) is 0 Å². The second-order valence-corrected chi connectivity index (χ2v) is 4.08. The number of thiocarbonyl (C=S) groups is 1. The Hall–Kier alpha value is -1.09. The molecule has 0 aliphatic rings. The minimum atomic E-state index is 0.707. The Morgan fingerprint density at radius 2 is 2.00 bits per heavy atom. The lowest BCUT2D eigenvalue weighted by Crippen LogP contribution is -2.33. The van der Waals surface area contributed by atoms with E-state index in [9.17, 15) is 0 Å². The molecule has 0 amide bonds. The SMILES string of the molecule is CNC(=S)NCCc1ccc(C)c(C)c1. The van der Waals surface area contributed by atoms with E-state index in [0.717, 1.165) is 13.0 Å². The highest BCUT2D eigenvalue weighted by Gasteiger charge is 1.97. The smallest absolute Gasteiger partial charge is 0.166 e. The van der Waals surface area contributed by atoms with Crippen molar-refractivity contribution >= 4 is 17.3 Å². The zero-order valence-corrected chi connectivity index (χ0v) is 10.4. The maximum absolute atomic E-state index is 4.99. The highest BCUT2D eigenvalue weighted by Crippen LogP contribution is 2.09. The Bertz CT molecular complexity index is 347. The lowest BCUT2D eigenvalue weighted by Gasteiger charge is -2.08. The molecule has 0 aromatic heterocycles. The lowest BCUT2D eigenvalue weighted by molar-refractivity contribution is 0.850. The molecule has 2 nitrogen and oxygen atoms in total. The van der Waals surface area contributed by atoms with Crippen LogP contribution in [0.1, 0.15) is 16.7 Å². The lowest BCUT2D eigenvalue weighted by atomic mass is 10.0. The molecule has 0 radical (unpaired) electrons. The molecule has 0 aliphatic heterocycles. The molecule has 1 rings (SSSR count). The van der Waals surface area contributed by atoms with Gasteiger partial charge in [0.25, 0.3) is 0 Å². The topological polar surface area (TPSA) is 24.1 Å². The average molecular weight is 222 g/mol. The van der Waals surface area contributed by atoms with Crippen LogP contribution in [0.2, 0.25) is 0 Å². The molecule has 1 aromatic carbocycles. The largest absolute Gasteiger partial charge is 0.366 e. The van der Waals surface area contributed by atoms with Gasteiger partial charge in [0.05, 0.1) is 0 Å². The number of hydrogen-bond donors (Lipinski definition) is 2. The first-order valence-electron chi connectivity index (χ1n) is 5.15. The van der Waals surface area contributed by atoms with Crippen LogP contribution < -0.4 is 10.6 Å². The summed E-state index contributed by atoms with van der Waals surface area (Å²) in [5.41, 5.74) is 4.05. The van der Waals surface area contributed by atoms with E-state index in [1.165, 1.54) is 16.7 Å². The van der Waals surface area contributed by atoms with Gasteiger partial charge in [-0.3, -0.25) is 0 Å². The quantitative estimate of drug-likeness (QED) is 0.764. The van der Waals surface area contributed by atoms with Gasteiger partial charge in [-0.25, -0.2) is 0 Å². The van der Waals surface area contributed by atoms with Crippen molar-refractivity contribution in [3.8, 4) is 0 Å². The van der Waals surface area contributed by atoms with Crippen LogP contribution in [-0.2, 0) is 6.42 Å². The van der Waals surface area contributed by atoms with Crippen LogP contribution in [0.3, 0.4) is 0 Å². The molecule has 0 heterocycles. The maximum Gasteiger partial charge on any atom is 0.166 e. The van der Waals surface area contributed by atoms with Crippen LogP contribution >= 0.6 is 12.2 Å². The summed E-state index contributed by atoms with van der Waals surface area (Å²) in [6, 6.07) is 6.58. The van der Waals surface area contributed by atoms with Crippen molar-refractivity contribution < 1.29 is 0 Å². The number of nitrogens with one attached hydrogen (secondary N) is 2. The maximum atomic E-state index is 4.99. The molecular formula is C12H18N2S. The Kier molecular flexibility index (Phi) is 4.56. The number of aryl methyl sites for hydroxylation is 2.